The van der Waals surface area contributed by atoms with Crippen LogP contribution >= 0.6 is 0 Å². The first-order chi connectivity index (χ1) is 9.86. The van der Waals surface area contributed by atoms with Crippen molar-refractivity contribution in [2.75, 3.05) is 18.4 Å². The van der Waals surface area contributed by atoms with E-state index in [2.05, 4.69) is 5.32 Å². The Morgan fingerprint density at radius 1 is 1.43 bits per heavy atom. The number of carbonyl (C=O) groups is 2. The largest absolute Gasteiger partial charge is 0.481 e. The molecule has 21 heavy (non-hydrogen) atoms. The minimum atomic E-state index is -0.980. The Kier molecular flexibility index (Phi) is 4.01. The van der Waals surface area contributed by atoms with Gasteiger partial charge in [0.1, 0.15) is 5.82 Å². The Bertz CT molecular complexity index is 607. The zero-order valence-corrected chi connectivity index (χ0v) is 10.8. The molecule has 0 saturated carbocycles. The number of nitro groups is 1. The Morgan fingerprint density at radius 2 is 2.14 bits per heavy atom. The zero-order valence-electron chi connectivity index (χ0n) is 10.8. The third-order valence-electron chi connectivity index (χ3n) is 3.17. The third-order valence-corrected chi connectivity index (χ3v) is 3.17. The predicted octanol–water partition coefficient (Wildman–Crippen LogP) is 1.67. The number of urea groups is 1. The molecule has 112 valence electrons. The summed E-state index contributed by atoms with van der Waals surface area (Å²) in [5, 5.41) is 21.8. The van der Waals surface area contributed by atoms with E-state index in [0.29, 0.717) is 6.42 Å². The molecule has 0 bridgehead atoms. The summed E-state index contributed by atoms with van der Waals surface area (Å²) < 4.78 is 13.2. The normalized spacial score (nSPS) is 17.6. The number of hydrogen-bond acceptors (Lipinski definition) is 4. The maximum atomic E-state index is 13.2. The number of carboxylic acid groups (broad SMARTS) is 1. The molecule has 0 radical (unpaired) electrons. The van der Waals surface area contributed by atoms with Crippen LogP contribution in [0.2, 0.25) is 0 Å². The van der Waals surface area contributed by atoms with Crippen molar-refractivity contribution in [2.24, 2.45) is 5.92 Å². The van der Waals surface area contributed by atoms with Gasteiger partial charge in [-0.3, -0.25) is 14.9 Å². The predicted molar refractivity (Wildman–Crippen MR) is 69.4 cm³/mol. The quantitative estimate of drug-likeness (QED) is 0.651. The molecule has 0 aromatic heterocycles. The lowest BCUT2D eigenvalue weighted by molar-refractivity contribution is -0.385. The van der Waals surface area contributed by atoms with Crippen LogP contribution in [-0.2, 0) is 4.79 Å². The van der Waals surface area contributed by atoms with Crippen LogP contribution in [0.25, 0.3) is 0 Å². The molecule has 1 saturated heterocycles. The van der Waals surface area contributed by atoms with Gasteiger partial charge in [-0.15, -0.1) is 0 Å². The maximum Gasteiger partial charge on any atom is 0.321 e. The highest BCUT2D eigenvalue weighted by atomic mass is 19.1. The summed E-state index contributed by atoms with van der Waals surface area (Å²) >= 11 is 0. The molecule has 1 aliphatic heterocycles. The topological polar surface area (TPSA) is 113 Å². The molecule has 1 aliphatic rings. The number of benzene rings is 1. The van der Waals surface area contributed by atoms with Gasteiger partial charge >= 0.3 is 12.0 Å². The molecule has 1 aromatic rings. The fourth-order valence-electron chi connectivity index (χ4n) is 2.10. The number of nitrogens with one attached hydrogen (secondary N) is 1. The van der Waals surface area contributed by atoms with Gasteiger partial charge in [-0.2, -0.15) is 0 Å². The SMILES string of the molecule is O=C(O)C1CCN(C(=O)Nc2cc(F)cc([N+](=O)[O-])c2)C1. The standard InChI is InChI=1S/C12H12FN3O5/c13-8-3-9(5-10(4-8)16(20)21)14-12(19)15-2-1-7(6-15)11(17)18/h3-5,7H,1-2,6H2,(H,14,19)(H,17,18). The number of likely N-dealkylation sites (tertiary alicyclic amines) is 1. The van der Waals surface area contributed by atoms with E-state index in [1.807, 2.05) is 0 Å². The first kappa shape index (κ1) is 14.7. The summed E-state index contributed by atoms with van der Waals surface area (Å²) in [7, 11) is 0. The van der Waals surface area contributed by atoms with Gasteiger partial charge in [0, 0.05) is 19.2 Å². The fraction of sp³-hybridized carbons (Fsp3) is 0.333. The van der Waals surface area contributed by atoms with Crippen LogP contribution in [0.5, 0.6) is 0 Å². The van der Waals surface area contributed by atoms with E-state index in [0.717, 1.165) is 18.2 Å². The van der Waals surface area contributed by atoms with E-state index in [1.165, 1.54) is 4.90 Å². The lowest BCUT2D eigenvalue weighted by Crippen LogP contribution is -2.33. The van der Waals surface area contributed by atoms with Crippen LogP contribution in [-0.4, -0.2) is 40.0 Å². The van der Waals surface area contributed by atoms with E-state index >= 15 is 0 Å². The Balaban J connectivity index is 2.07. The lowest BCUT2D eigenvalue weighted by Gasteiger charge is -2.16. The number of carbonyl (C=O) groups excluding carboxylic acids is 1. The first-order valence-corrected chi connectivity index (χ1v) is 6.10. The van der Waals surface area contributed by atoms with E-state index in [9.17, 15) is 24.1 Å². The monoisotopic (exact) mass is 297 g/mol. The van der Waals surface area contributed by atoms with Gasteiger partial charge in [0.2, 0.25) is 0 Å². The van der Waals surface area contributed by atoms with Gasteiger partial charge in [-0.25, -0.2) is 9.18 Å². The smallest absolute Gasteiger partial charge is 0.321 e. The Labute approximate surface area is 118 Å². The van der Waals surface area contributed by atoms with Crippen LogP contribution in [0.1, 0.15) is 6.42 Å². The van der Waals surface area contributed by atoms with Crippen LogP contribution in [0.15, 0.2) is 18.2 Å². The molecule has 1 unspecified atom stereocenters. The number of amides is 2. The van der Waals surface area contributed by atoms with Crippen molar-refractivity contribution in [1.29, 1.82) is 0 Å². The van der Waals surface area contributed by atoms with Crippen molar-refractivity contribution in [3.63, 3.8) is 0 Å². The number of nitrogens with zero attached hydrogens (tertiary/aromatic N) is 2. The molecule has 0 aliphatic carbocycles. The molecule has 8 nitrogen and oxygen atoms in total. The van der Waals surface area contributed by atoms with Gasteiger partial charge in [-0.1, -0.05) is 0 Å². The van der Waals surface area contributed by atoms with Crippen molar-refractivity contribution >= 4 is 23.4 Å². The van der Waals surface area contributed by atoms with E-state index < -0.39 is 34.3 Å². The van der Waals surface area contributed by atoms with Crippen molar-refractivity contribution in [1.82, 2.24) is 4.90 Å². The molecular weight excluding hydrogens is 285 g/mol. The lowest BCUT2D eigenvalue weighted by atomic mass is 10.1. The number of rotatable bonds is 3. The first-order valence-electron chi connectivity index (χ1n) is 6.10. The summed E-state index contributed by atoms with van der Waals surface area (Å²) in [5.41, 5.74) is -0.527. The number of aliphatic carboxylic acids is 1. The fourth-order valence-corrected chi connectivity index (χ4v) is 2.10. The average molecular weight is 297 g/mol. The van der Waals surface area contributed by atoms with E-state index in [1.54, 1.807) is 0 Å². The van der Waals surface area contributed by atoms with E-state index in [4.69, 9.17) is 5.11 Å². The zero-order chi connectivity index (χ0) is 15.6. The highest BCUT2D eigenvalue weighted by Gasteiger charge is 2.31. The second-order valence-corrected chi connectivity index (χ2v) is 4.66. The third kappa shape index (κ3) is 3.44. The van der Waals surface area contributed by atoms with Gasteiger partial charge < -0.3 is 15.3 Å². The van der Waals surface area contributed by atoms with Crippen molar-refractivity contribution < 1.29 is 24.0 Å². The maximum absolute atomic E-state index is 13.2. The minimum Gasteiger partial charge on any atom is -0.481 e. The van der Waals surface area contributed by atoms with Crippen LogP contribution in [0.3, 0.4) is 0 Å². The molecule has 1 fully saturated rings. The van der Waals surface area contributed by atoms with Gasteiger partial charge in [0.15, 0.2) is 0 Å². The van der Waals surface area contributed by atoms with Gasteiger partial charge in [-0.05, 0) is 12.5 Å². The molecular formula is C12H12FN3O5. The summed E-state index contributed by atoms with van der Waals surface area (Å²) in [4.78, 5) is 33.8. The van der Waals surface area contributed by atoms with Crippen LogP contribution in [0.4, 0.5) is 20.6 Å². The van der Waals surface area contributed by atoms with Crippen molar-refractivity contribution in [3.8, 4) is 0 Å². The number of hydrogen-bond donors (Lipinski definition) is 2. The summed E-state index contributed by atoms with van der Waals surface area (Å²) in [6.45, 7) is 0.318. The molecule has 1 heterocycles. The number of non-ortho nitro benzene ring substituents is 1. The second-order valence-electron chi connectivity index (χ2n) is 4.66. The number of halogens is 1. The van der Waals surface area contributed by atoms with Crippen molar-refractivity contribution in [3.05, 3.63) is 34.1 Å². The molecule has 2 N–H and O–H groups in total. The van der Waals surface area contributed by atoms with Crippen molar-refractivity contribution in [2.45, 2.75) is 6.42 Å². The molecule has 1 atom stereocenters. The van der Waals surface area contributed by atoms with Gasteiger partial charge in [0.25, 0.3) is 5.69 Å². The van der Waals surface area contributed by atoms with Crippen LogP contribution < -0.4 is 5.32 Å². The molecule has 0 spiro atoms. The molecule has 1 aromatic carbocycles. The highest BCUT2D eigenvalue weighted by molar-refractivity contribution is 5.90. The summed E-state index contributed by atoms with van der Waals surface area (Å²) in [6.07, 6.45) is 0.339. The molecule has 9 heteroatoms. The van der Waals surface area contributed by atoms with Crippen LogP contribution in [0, 0.1) is 21.8 Å². The van der Waals surface area contributed by atoms with Gasteiger partial charge in [0.05, 0.1) is 22.6 Å². The van der Waals surface area contributed by atoms with E-state index in [-0.39, 0.29) is 18.8 Å². The summed E-state index contributed by atoms with van der Waals surface area (Å²) in [5.74, 6) is -2.45. The highest BCUT2D eigenvalue weighted by Crippen LogP contribution is 2.22. The number of carboxylic acids is 1. The summed E-state index contributed by atoms with van der Waals surface area (Å²) in [6, 6.07) is 2.12. The number of anilines is 1. The second kappa shape index (κ2) is 5.73. The number of nitro benzene ring substituents is 1. The average Bonchev–Trinajstić information content (AvgIpc) is 2.87. The molecule has 2 rings (SSSR count). The molecule has 2 amide bonds. The minimum absolute atomic E-state index is 0.0505. The Hall–Kier alpha value is -2.71. The Morgan fingerprint density at radius 3 is 2.71 bits per heavy atom.